The van der Waals surface area contributed by atoms with Crippen LogP contribution >= 0.6 is 11.6 Å². The standard InChI is InChI=1S/C28H26ClN3O7S2/c1-32(41(36,37)25-15-16-26(38-2)27(18-25)39-3)23-11-7-19(8-12-23)28(33)30-21-9-13-24(14-10-21)40(34,35)31-22-6-4-5-20(29)17-22/h4-18,31H,1-3H3,(H,30,33). The first-order valence-electron chi connectivity index (χ1n) is 12.0. The number of methoxy groups -OCH3 is 2. The van der Waals surface area contributed by atoms with Crippen molar-refractivity contribution in [1.29, 1.82) is 0 Å². The van der Waals surface area contributed by atoms with Crippen LogP contribution in [0.3, 0.4) is 0 Å². The summed E-state index contributed by atoms with van der Waals surface area (Å²) in [5.74, 6) is 0.210. The molecular weight excluding hydrogens is 590 g/mol. The number of rotatable bonds is 10. The van der Waals surface area contributed by atoms with Crippen molar-refractivity contribution in [3.05, 3.63) is 102 Å². The van der Waals surface area contributed by atoms with Gasteiger partial charge in [-0.2, -0.15) is 0 Å². The van der Waals surface area contributed by atoms with Gasteiger partial charge in [0.05, 0.1) is 35.4 Å². The minimum Gasteiger partial charge on any atom is -0.493 e. The number of ether oxygens (including phenoxy) is 2. The van der Waals surface area contributed by atoms with Crippen molar-refractivity contribution < 1.29 is 31.1 Å². The van der Waals surface area contributed by atoms with Gasteiger partial charge in [0.15, 0.2) is 11.5 Å². The molecule has 0 atom stereocenters. The highest BCUT2D eigenvalue weighted by atomic mass is 35.5. The second-order valence-corrected chi connectivity index (χ2v) is 12.7. The topological polar surface area (TPSA) is 131 Å². The Morgan fingerprint density at radius 2 is 1.39 bits per heavy atom. The molecule has 0 aliphatic heterocycles. The van der Waals surface area contributed by atoms with Gasteiger partial charge in [-0.1, -0.05) is 17.7 Å². The summed E-state index contributed by atoms with van der Waals surface area (Å²) in [5, 5.41) is 3.08. The molecule has 0 unspecified atom stereocenters. The Kier molecular flexibility index (Phi) is 8.76. The lowest BCUT2D eigenvalue weighted by molar-refractivity contribution is 0.102. The number of hydrogen-bond acceptors (Lipinski definition) is 7. The van der Waals surface area contributed by atoms with E-state index in [1.807, 2.05) is 0 Å². The van der Waals surface area contributed by atoms with Crippen LogP contribution in [0, 0.1) is 0 Å². The molecule has 0 saturated heterocycles. The number of nitrogens with one attached hydrogen (secondary N) is 2. The molecule has 41 heavy (non-hydrogen) atoms. The van der Waals surface area contributed by atoms with Gasteiger partial charge in [-0.3, -0.25) is 13.8 Å². The van der Waals surface area contributed by atoms with E-state index in [2.05, 4.69) is 10.0 Å². The van der Waals surface area contributed by atoms with Gasteiger partial charge in [-0.05, 0) is 78.9 Å². The Balaban J connectivity index is 1.44. The molecule has 0 radical (unpaired) electrons. The maximum Gasteiger partial charge on any atom is 0.264 e. The molecule has 0 aliphatic rings. The summed E-state index contributed by atoms with van der Waals surface area (Å²) in [6.07, 6.45) is 0. The molecule has 214 valence electrons. The van der Waals surface area contributed by atoms with E-state index in [0.29, 0.717) is 27.8 Å². The summed E-state index contributed by atoms with van der Waals surface area (Å²) >= 11 is 5.92. The third-order valence-corrected chi connectivity index (χ3v) is 9.42. The van der Waals surface area contributed by atoms with Crippen molar-refractivity contribution in [3.8, 4) is 11.5 Å². The van der Waals surface area contributed by atoms with Crippen LogP contribution in [0.4, 0.5) is 17.1 Å². The zero-order valence-electron chi connectivity index (χ0n) is 22.2. The monoisotopic (exact) mass is 615 g/mol. The van der Waals surface area contributed by atoms with Gasteiger partial charge in [0.25, 0.3) is 26.0 Å². The van der Waals surface area contributed by atoms with Crippen molar-refractivity contribution in [3.63, 3.8) is 0 Å². The summed E-state index contributed by atoms with van der Waals surface area (Å²) < 4.78 is 65.6. The molecule has 0 spiro atoms. The zero-order valence-corrected chi connectivity index (χ0v) is 24.5. The van der Waals surface area contributed by atoms with Crippen molar-refractivity contribution in [2.75, 3.05) is 35.6 Å². The highest BCUT2D eigenvalue weighted by Gasteiger charge is 2.23. The van der Waals surface area contributed by atoms with Gasteiger partial charge in [0.2, 0.25) is 0 Å². The van der Waals surface area contributed by atoms with Gasteiger partial charge in [-0.15, -0.1) is 0 Å². The van der Waals surface area contributed by atoms with E-state index >= 15 is 0 Å². The normalized spacial score (nSPS) is 11.4. The zero-order chi connectivity index (χ0) is 29.8. The highest BCUT2D eigenvalue weighted by Crippen LogP contribution is 2.32. The number of sulfonamides is 2. The molecular formula is C28H26ClN3O7S2. The largest absolute Gasteiger partial charge is 0.493 e. The Hall–Kier alpha value is -4.26. The van der Waals surface area contributed by atoms with Crippen molar-refractivity contribution in [1.82, 2.24) is 0 Å². The van der Waals surface area contributed by atoms with E-state index in [-0.39, 0.29) is 21.1 Å². The first-order valence-corrected chi connectivity index (χ1v) is 15.3. The lowest BCUT2D eigenvalue weighted by Crippen LogP contribution is -2.26. The molecule has 4 rings (SSSR count). The minimum absolute atomic E-state index is 0.00134. The highest BCUT2D eigenvalue weighted by molar-refractivity contribution is 7.93. The molecule has 0 aliphatic carbocycles. The second-order valence-electron chi connectivity index (χ2n) is 8.63. The molecule has 0 bridgehead atoms. The van der Waals surface area contributed by atoms with Crippen LogP contribution < -0.4 is 23.8 Å². The quantitative estimate of drug-likeness (QED) is 0.250. The summed E-state index contributed by atoms with van der Waals surface area (Å²) in [5.41, 5.74) is 1.29. The maximum absolute atomic E-state index is 13.2. The van der Waals surface area contributed by atoms with E-state index in [0.717, 1.165) is 4.31 Å². The van der Waals surface area contributed by atoms with E-state index in [4.69, 9.17) is 21.1 Å². The number of carbonyl (C=O) groups is 1. The van der Waals surface area contributed by atoms with Crippen LogP contribution in [0.15, 0.2) is 101 Å². The van der Waals surface area contributed by atoms with Gasteiger partial charge >= 0.3 is 0 Å². The first-order chi connectivity index (χ1) is 19.4. The third-order valence-electron chi connectivity index (χ3n) is 6.01. The summed E-state index contributed by atoms with van der Waals surface area (Å²) in [7, 11) is -3.53. The molecule has 1 amide bonds. The Morgan fingerprint density at radius 3 is 2.00 bits per heavy atom. The molecule has 0 saturated carbocycles. The fourth-order valence-electron chi connectivity index (χ4n) is 3.78. The van der Waals surface area contributed by atoms with E-state index in [9.17, 15) is 21.6 Å². The summed E-state index contributed by atoms with van der Waals surface area (Å²) in [6.45, 7) is 0. The Bertz CT molecular complexity index is 1780. The fourth-order valence-corrected chi connectivity index (χ4v) is 6.23. The number of anilines is 3. The van der Waals surface area contributed by atoms with Gasteiger partial charge in [0, 0.05) is 29.4 Å². The molecule has 4 aromatic carbocycles. The third kappa shape index (κ3) is 6.73. The SMILES string of the molecule is COc1ccc(S(=O)(=O)N(C)c2ccc(C(=O)Nc3ccc(S(=O)(=O)Nc4cccc(Cl)c4)cc3)cc2)cc1OC. The number of amides is 1. The average Bonchev–Trinajstić information content (AvgIpc) is 2.96. The smallest absolute Gasteiger partial charge is 0.264 e. The van der Waals surface area contributed by atoms with E-state index in [1.54, 1.807) is 18.2 Å². The van der Waals surface area contributed by atoms with E-state index < -0.39 is 26.0 Å². The van der Waals surface area contributed by atoms with Gasteiger partial charge in [-0.25, -0.2) is 16.8 Å². The maximum atomic E-state index is 13.2. The fraction of sp³-hybridized carbons (Fsp3) is 0.107. The number of hydrogen-bond donors (Lipinski definition) is 2. The van der Waals surface area contributed by atoms with Crippen molar-refractivity contribution in [2.45, 2.75) is 9.79 Å². The number of halogens is 1. The van der Waals surface area contributed by atoms with Crippen molar-refractivity contribution in [2.24, 2.45) is 0 Å². The minimum atomic E-state index is -3.93. The van der Waals surface area contributed by atoms with Crippen LogP contribution in [0.25, 0.3) is 0 Å². The number of carbonyl (C=O) groups excluding carboxylic acids is 1. The van der Waals surface area contributed by atoms with Crippen LogP contribution in [0.5, 0.6) is 11.5 Å². The lowest BCUT2D eigenvalue weighted by atomic mass is 10.2. The van der Waals surface area contributed by atoms with Gasteiger partial charge < -0.3 is 14.8 Å². The molecule has 0 fully saturated rings. The lowest BCUT2D eigenvalue weighted by Gasteiger charge is -2.20. The molecule has 0 heterocycles. The van der Waals surface area contributed by atoms with Crippen LogP contribution in [-0.2, 0) is 20.0 Å². The summed E-state index contributed by atoms with van der Waals surface area (Å²) in [4.78, 5) is 12.8. The molecule has 10 nitrogen and oxygen atoms in total. The summed E-state index contributed by atoms with van der Waals surface area (Å²) in [6, 6.07) is 22.2. The van der Waals surface area contributed by atoms with Crippen LogP contribution in [0.1, 0.15) is 10.4 Å². The predicted octanol–water partition coefficient (Wildman–Crippen LogP) is 5.24. The second kappa shape index (κ2) is 12.1. The molecule has 4 aromatic rings. The average molecular weight is 616 g/mol. The number of benzene rings is 4. The molecule has 0 aromatic heterocycles. The molecule has 13 heteroatoms. The van der Waals surface area contributed by atoms with Crippen molar-refractivity contribution >= 4 is 54.6 Å². The predicted molar refractivity (Wildman–Crippen MR) is 158 cm³/mol. The molecule has 2 N–H and O–H groups in total. The number of nitrogens with zero attached hydrogens (tertiary/aromatic N) is 1. The Labute approximate surface area is 243 Å². The van der Waals surface area contributed by atoms with Crippen LogP contribution in [0.2, 0.25) is 5.02 Å². The van der Waals surface area contributed by atoms with Crippen LogP contribution in [-0.4, -0.2) is 44.0 Å². The first kappa shape index (κ1) is 29.7. The Morgan fingerprint density at radius 1 is 0.756 bits per heavy atom. The van der Waals surface area contributed by atoms with E-state index in [1.165, 1.54) is 94.1 Å². The van der Waals surface area contributed by atoms with Gasteiger partial charge in [0.1, 0.15) is 0 Å².